The first-order valence-electron chi connectivity index (χ1n) is 11.1. The van der Waals surface area contributed by atoms with E-state index in [1.54, 1.807) is 0 Å². The van der Waals surface area contributed by atoms with E-state index in [0.29, 0.717) is 0 Å². The highest BCUT2D eigenvalue weighted by Crippen LogP contribution is 2.28. The molecular formula is C24H44Cl2O2. The maximum atomic E-state index is 6.00. The summed E-state index contributed by atoms with van der Waals surface area (Å²) in [5, 5.41) is 0. The molecule has 0 N–H and O–H groups in total. The minimum atomic E-state index is 0. The third-order valence-corrected chi connectivity index (χ3v) is 4.98. The van der Waals surface area contributed by atoms with Gasteiger partial charge in [0.05, 0.1) is 13.2 Å². The minimum absolute atomic E-state index is 0. The zero-order valence-electron chi connectivity index (χ0n) is 18.7. The van der Waals surface area contributed by atoms with Crippen LogP contribution in [0.5, 0.6) is 11.5 Å². The summed E-state index contributed by atoms with van der Waals surface area (Å²) in [5.41, 5.74) is 2.36. The van der Waals surface area contributed by atoms with Gasteiger partial charge in [-0.2, -0.15) is 0 Å². The molecule has 4 heteroatoms. The van der Waals surface area contributed by atoms with Crippen molar-refractivity contribution in [2.45, 2.75) is 105 Å². The van der Waals surface area contributed by atoms with Crippen molar-refractivity contribution in [3.05, 3.63) is 23.3 Å². The van der Waals surface area contributed by atoms with Crippen LogP contribution in [0.15, 0.2) is 12.1 Å². The average molecular weight is 436 g/mol. The second-order valence-electron chi connectivity index (χ2n) is 7.62. The van der Waals surface area contributed by atoms with Gasteiger partial charge in [0.15, 0.2) is 0 Å². The summed E-state index contributed by atoms with van der Waals surface area (Å²) in [4.78, 5) is 0. The van der Waals surface area contributed by atoms with Gasteiger partial charge in [0, 0.05) is 0 Å². The van der Waals surface area contributed by atoms with E-state index < -0.39 is 0 Å². The van der Waals surface area contributed by atoms with Crippen molar-refractivity contribution in [1.82, 2.24) is 0 Å². The molecule has 0 saturated carbocycles. The lowest BCUT2D eigenvalue weighted by Gasteiger charge is -2.14. The van der Waals surface area contributed by atoms with E-state index in [4.69, 9.17) is 9.47 Å². The summed E-state index contributed by atoms with van der Waals surface area (Å²) < 4.78 is 12.0. The Kier molecular flexibility index (Phi) is 20.8. The summed E-state index contributed by atoms with van der Waals surface area (Å²) in [6, 6.07) is 4.28. The molecule has 0 fully saturated rings. The molecule has 2 nitrogen and oxygen atoms in total. The van der Waals surface area contributed by atoms with E-state index in [1.165, 1.54) is 75.3 Å². The molecule has 1 aromatic carbocycles. The predicted molar refractivity (Wildman–Crippen MR) is 128 cm³/mol. The van der Waals surface area contributed by atoms with Crippen molar-refractivity contribution in [1.29, 1.82) is 0 Å². The lowest BCUT2D eigenvalue weighted by Crippen LogP contribution is -2.02. The number of rotatable bonds is 16. The summed E-state index contributed by atoms with van der Waals surface area (Å²) >= 11 is 0. The number of hydrogen-bond acceptors (Lipinski definition) is 2. The van der Waals surface area contributed by atoms with Crippen molar-refractivity contribution < 1.29 is 9.47 Å². The van der Waals surface area contributed by atoms with Crippen molar-refractivity contribution in [2.24, 2.45) is 0 Å². The van der Waals surface area contributed by atoms with Crippen LogP contribution in [0.25, 0.3) is 0 Å². The molecule has 0 bridgehead atoms. The van der Waals surface area contributed by atoms with E-state index in [9.17, 15) is 0 Å². The fourth-order valence-corrected chi connectivity index (χ4v) is 3.20. The summed E-state index contributed by atoms with van der Waals surface area (Å²) in [5.74, 6) is 2.03. The zero-order chi connectivity index (χ0) is 19.0. The van der Waals surface area contributed by atoms with E-state index in [2.05, 4.69) is 39.8 Å². The highest BCUT2D eigenvalue weighted by Gasteiger charge is 2.07. The monoisotopic (exact) mass is 434 g/mol. The van der Waals surface area contributed by atoms with Crippen LogP contribution in [-0.4, -0.2) is 13.2 Å². The van der Waals surface area contributed by atoms with Crippen molar-refractivity contribution in [3.8, 4) is 11.5 Å². The normalized spacial score (nSPS) is 10.1. The van der Waals surface area contributed by atoms with Gasteiger partial charge in [-0.25, -0.2) is 0 Å². The molecule has 28 heavy (non-hydrogen) atoms. The van der Waals surface area contributed by atoms with Crippen molar-refractivity contribution in [2.75, 3.05) is 13.2 Å². The van der Waals surface area contributed by atoms with Gasteiger partial charge in [0.1, 0.15) is 11.5 Å². The number of unbranched alkanes of at least 4 members (excludes halogenated alkanes) is 10. The molecule has 0 atom stereocenters. The Labute approximate surface area is 187 Å². The Morgan fingerprint density at radius 2 is 0.857 bits per heavy atom. The molecule has 1 aromatic rings. The van der Waals surface area contributed by atoms with Gasteiger partial charge < -0.3 is 9.47 Å². The lowest BCUT2D eigenvalue weighted by molar-refractivity contribution is 0.293. The first kappa shape index (κ1) is 29.6. The largest absolute Gasteiger partial charge is 0.493 e. The van der Waals surface area contributed by atoms with E-state index in [1.807, 2.05) is 0 Å². The second-order valence-corrected chi connectivity index (χ2v) is 7.62. The number of halogens is 2. The van der Waals surface area contributed by atoms with Crippen molar-refractivity contribution in [3.63, 3.8) is 0 Å². The fourth-order valence-electron chi connectivity index (χ4n) is 3.20. The smallest absolute Gasteiger partial charge is 0.122 e. The molecule has 0 unspecified atom stereocenters. The molecule has 0 spiro atoms. The Bertz CT molecular complexity index is 434. The summed E-state index contributed by atoms with van der Waals surface area (Å²) in [6.07, 6.45) is 15.6. The Hall–Kier alpha value is -0.600. The molecule has 0 radical (unpaired) electrons. The van der Waals surface area contributed by atoms with Crippen LogP contribution < -0.4 is 9.47 Å². The number of aryl methyl sites for hydroxylation is 2. The summed E-state index contributed by atoms with van der Waals surface area (Å²) in [7, 11) is 0. The molecule has 166 valence electrons. The molecule has 0 aliphatic rings. The van der Waals surface area contributed by atoms with Crippen LogP contribution >= 0.6 is 24.8 Å². The maximum absolute atomic E-state index is 6.00. The van der Waals surface area contributed by atoms with Gasteiger partial charge in [-0.05, 0) is 49.9 Å². The van der Waals surface area contributed by atoms with Gasteiger partial charge >= 0.3 is 0 Å². The molecule has 0 saturated heterocycles. The summed E-state index contributed by atoms with van der Waals surface area (Å²) in [6.45, 7) is 10.4. The van der Waals surface area contributed by atoms with Crippen LogP contribution in [0.1, 0.15) is 102 Å². The molecule has 0 aliphatic carbocycles. The third kappa shape index (κ3) is 13.6. The van der Waals surface area contributed by atoms with Gasteiger partial charge in [-0.15, -0.1) is 24.8 Å². The standard InChI is InChI=1S/C24H42O2.2ClH/c1-5-7-9-11-13-15-17-25-23-19-22(4)24(20-21(23)3)26-18-16-14-12-10-8-6-2;;/h19-20H,5-18H2,1-4H3;2*1H. The Morgan fingerprint density at radius 1 is 0.536 bits per heavy atom. The highest BCUT2D eigenvalue weighted by atomic mass is 35.5. The number of hydrogen-bond donors (Lipinski definition) is 0. The van der Waals surface area contributed by atoms with Crippen LogP contribution in [0.4, 0.5) is 0 Å². The van der Waals surface area contributed by atoms with Gasteiger partial charge in [0.25, 0.3) is 0 Å². The molecular weight excluding hydrogens is 391 g/mol. The first-order valence-corrected chi connectivity index (χ1v) is 11.1. The lowest BCUT2D eigenvalue weighted by atomic mass is 10.1. The zero-order valence-corrected chi connectivity index (χ0v) is 20.3. The topological polar surface area (TPSA) is 18.5 Å². The average Bonchev–Trinajstić information content (AvgIpc) is 2.63. The van der Waals surface area contributed by atoms with Gasteiger partial charge in [0.2, 0.25) is 0 Å². The van der Waals surface area contributed by atoms with E-state index in [0.717, 1.165) is 37.6 Å². The van der Waals surface area contributed by atoms with Crippen LogP contribution in [0.3, 0.4) is 0 Å². The van der Waals surface area contributed by atoms with Crippen molar-refractivity contribution >= 4 is 24.8 Å². The molecule has 1 rings (SSSR count). The molecule has 0 aromatic heterocycles. The number of ether oxygens (including phenoxy) is 2. The molecule has 0 amide bonds. The second kappa shape index (κ2) is 19.7. The number of benzene rings is 1. The SMILES string of the molecule is CCCCCCCCOc1cc(C)c(OCCCCCCCC)cc1C.Cl.Cl. The van der Waals surface area contributed by atoms with Crippen LogP contribution in [0.2, 0.25) is 0 Å². The Balaban J connectivity index is 0. The molecule has 0 aliphatic heterocycles. The predicted octanol–water partition coefficient (Wildman–Crippen LogP) is 8.63. The molecule has 0 heterocycles. The van der Waals surface area contributed by atoms with Crippen LogP contribution in [0, 0.1) is 13.8 Å². The van der Waals surface area contributed by atoms with Gasteiger partial charge in [-0.3, -0.25) is 0 Å². The van der Waals surface area contributed by atoms with E-state index in [-0.39, 0.29) is 24.8 Å². The fraction of sp³-hybridized carbons (Fsp3) is 0.750. The maximum Gasteiger partial charge on any atom is 0.122 e. The van der Waals surface area contributed by atoms with Crippen LogP contribution in [-0.2, 0) is 0 Å². The minimum Gasteiger partial charge on any atom is -0.493 e. The van der Waals surface area contributed by atoms with Gasteiger partial charge in [-0.1, -0.05) is 78.1 Å². The third-order valence-electron chi connectivity index (χ3n) is 4.98. The quantitative estimate of drug-likeness (QED) is 0.242. The Morgan fingerprint density at radius 3 is 1.21 bits per heavy atom. The highest BCUT2D eigenvalue weighted by molar-refractivity contribution is 5.85. The van der Waals surface area contributed by atoms with E-state index >= 15 is 0 Å². The first-order chi connectivity index (χ1) is 12.7.